The standard InChI is InChI=1S/C17H24N2O/c1-17(2,19(3)4)13-18-16(15-11-8-12-20-15)14-9-6-5-7-10-14/h5-12,16,18H,13H2,1-4H3. The van der Waals surface area contributed by atoms with E-state index in [9.17, 15) is 0 Å². The first kappa shape index (κ1) is 14.8. The van der Waals surface area contributed by atoms with E-state index in [1.165, 1.54) is 5.56 Å². The van der Waals surface area contributed by atoms with Gasteiger partial charge in [-0.25, -0.2) is 0 Å². The van der Waals surface area contributed by atoms with Crippen LogP contribution in [0.2, 0.25) is 0 Å². The number of rotatable bonds is 6. The van der Waals surface area contributed by atoms with E-state index < -0.39 is 0 Å². The summed E-state index contributed by atoms with van der Waals surface area (Å²) < 4.78 is 5.60. The minimum atomic E-state index is 0.0830. The molecule has 0 aliphatic rings. The highest BCUT2D eigenvalue weighted by Gasteiger charge is 2.24. The van der Waals surface area contributed by atoms with Gasteiger partial charge in [-0.3, -0.25) is 0 Å². The van der Waals surface area contributed by atoms with Crippen molar-refractivity contribution < 1.29 is 4.42 Å². The van der Waals surface area contributed by atoms with Gasteiger partial charge in [0, 0.05) is 12.1 Å². The molecular weight excluding hydrogens is 248 g/mol. The first-order valence-electron chi connectivity index (χ1n) is 7.00. The summed E-state index contributed by atoms with van der Waals surface area (Å²) in [6.07, 6.45) is 1.73. The Morgan fingerprint density at radius 3 is 2.35 bits per heavy atom. The molecule has 0 saturated carbocycles. The minimum Gasteiger partial charge on any atom is -0.467 e. The summed E-state index contributed by atoms with van der Waals surface area (Å²) in [6.45, 7) is 5.33. The molecule has 1 unspecified atom stereocenters. The van der Waals surface area contributed by atoms with Crippen LogP contribution in [0.4, 0.5) is 0 Å². The van der Waals surface area contributed by atoms with Gasteiger partial charge < -0.3 is 14.6 Å². The summed E-state index contributed by atoms with van der Waals surface area (Å²) in [7, 11) is 4.21. The fourth-order valence-corrected chi connectivity index (χ4v) is 1.99. The number of likely N-dealkylation sites (N-methyl/N-ethyl adjacent to an activating group) is 1. The Balaban J connectivity index is 2.17. The molecule has 20 heavy (non-hydrogen) atoms. The van der Waals surface area contributed by atoms with Crippen molar-refractivity contribution in [2.24, 2.45) is 0 Å². The molecule has 0 bridgehead atoms. The average Bonchev–Trinajstić information content (AvgIpc) is 2.94. The van der Waals surface area contributed by atoms with Crippen LogP contribution in [0, 0.1) is 0 Å². The second-order valence-corrected chi connectivity index (χ2v) is 5.95. The van der Waals surface area contributed by atoms with E-state index in [1.807, 2.05) is 18.2 Å². The molecule has 1 aromatic heterocycles. The molecule has 3 heteroatoms. The number of nitrogens with zero attached hydrogens (tertiary/aromatic N) is 1. The zero-order valence-electron chi connectivity index (χ0n) is 12.8. The van der Waals surface area contributed by atoms with Crippen LogP contribution >= 0.6 is 0 Å². The highest BCUT2D eigenvalue weighted by Crippen LogP contribution is 2.23. The highest BCUT2D eigenvalue weighted by atomic mass is 16.3. The Kier molecular flexibility index (Phi) is 4.63. The summed E-state index contributed by atoms with van der Waals surface area (Å²) in [6, 6.07) is 14.5. The molecule has 0 fully saturated rings. The molecule has 1 N–H and O–H groups in total. The lowest BCUT2D eigenvalue weighted by Crippen LogP contribution is -2.47. The van der Waals surface area contributed by atoms with Crippen LogP contribution in [0.5, 0.6) is 0 Å². The first-order chi connectivity index (χ1) is 9.50. The molecule has 3 nitrogen and oxygen atoms in total. The molecule has 0 radical (unpaired) electrons. The second kappa shape index (κ2) is 6.25. The third-order valence-electron chi connectivity index (χ3n) is 3.91. The van der Waals surface area contributed by atoms with E-state index in [0.29, 0.717) is 0 Å². The van der Waals surface area contributed by atoms with E-state index >= 15 is 0 Å². The zero-order chi connectivity index (χ0) is 14.6. The average molecular weight is 272 g/mol. The van der Waals surface area contributed by atoms with Gasteiger partial charge in [-0.1, -0.05) is 30.3 Å². The van der Waals surface area contributed by atoms with E-state index in [1.54, 1.807) is 6.26 Å². The largest absolute Gasteiger partial charge is 0.467 e. The molecule has 0 aliphatic carbocycles. The lowest BCUT2D eigenvalue weighted by atomic mass is 10.0. The monoisotopic (exact) mass is 272 g/mol. The fraction of sp³-hybridized carbons (Fsp3) is 0.412. The van der Waals surface area contributed by atoms with Crippen LogP contribution in [-0.2, 0) is 0 Å². The molecule has 0 spiro atoms. The summed E-state index contributed by atoms with van der Waals surface area (Å²) in [4.78, 5) is 2.23. The van der Waals surface area contributed by atoms with Crippen molar-refractivity contribution in [2.45, 2.75) is 25.4 Å². The van der Waals surface area contributed by atoms with Crippen molar-refractivity contribution in [2.75, 3.05) is 20.6 Å². The maximum atomic E-state index is 5.60. The van der Waals surface area contributed by atoms with Gasteiger partial charge in [0.15, 0.2) is 0 Å². The van der Waals surface area contributed by atoms with Gasteiger partial charge >= 0.3 is 0 Å². The number of furan rings is 1. The van der Waals surface area contributed by atoms with Crippen LogP contribution in [0.15, 0.2) is 53.1 Å². The van der Waals surface area contributed by atoms with Crippen molar-refractivity contribution in [3.05, 3.63) is 60.1 Å². The normalized spacial score (nSPS) is 13.7. The van der Waals surface area contributed by atoms with Gasteiger partial charge in [0.05, 0.1) is 12.3 Å². The molecule has 2 aromatic rings. The van der Waals surface area contributed by atoms with E-state index in [2.05, 4.69) is 62.4 Å². The molecule has 108 valence electrons. The summed E-state index contributed by atoms with van der Waals surface area (Å²) in [5.41, 5.74) is 1.30. The lowest BCUT2D eigenvalue weighted by molar-refractivity contribution is 0.185. The number of hydrogen-bond acceptors (Lipinski definition) is 3. The van der Waals surface area contributed by atoms with Crippen LogP contribution in [0.25, 0.3) is 0 Å². The van der Waals surface area contributed by atoms with Crippen molar-refractivity contribution in [3.63, 3.8) is 0 Å². The Morgan fingerprint density at radius 2 is 1.80 bits per heavy atom. The predicted molar refractivity (Wildman–Crippen MR) is 82.8 cm³/mol. The molecule has 1 atom stereocenters. The van der Waals surface area contributed by atoms with Crippen molar-refractivity contribution >= 4 is 0 Å². The Hall–Kier alpha value is -1.58. The Labute approximate surface area is 121 Å². The summed E-state index contributed by atoms with van der Waals surface area (Å²) in [5.74, 6) is 0.950. The van der Waals surface area contributed by atoms with Crippen LogP contribution in [-0.4, -0.2) is 31.1 Å². The third-order valence-corrected chi connectivity index (χ3v) is 3.91. The van der Waals surface area contributed by atoms with Crippen LogP contribution in [0.3, 0.4) is 0 Å². The SMILES string of the molecule is CN(C)C(C)(C)CNC(c1ccccc1)c1ccco1. The van der Waals surface area contributed by atoms with Gasteiger partial charge in [-0.05, 0) is 45.6 Å². The number of nitrogens with one attached hydrogen (secondary N) is 1. The Bertz CT molecular complexity index is 503. The molecular formula is C17H24N2O. The van der Waals surface area contributed by atoms with Gasteiger partial charge in [-0.15, -0.1) is 0 Å². The fourth-order valence-electron chi connectivity index (χ4n) is 1.99. The molecule has 0 aliphatic heterocycles. The van der Waals surface area contributed by atoms with Crippen molar-refractivity contribution in [1.29, 1.82) is 0 Å². The van der Waals surface area contributed by atoms with Gasteiger partial charge in [0.2, 0.25) is 0 Å². The molecule has 0 saturated heterocycles. The summed E-state index contributed by atoms with van der Waals surface area (Å²) in [5, 5.41) is 3.62. The van der Waals surface area contributed by atoms with Gasteiger partial charge in [0.25, 0.3) is 0 Å². The Morgan fingerprint density at radius 1 is 1.10 bits per heavy atom. The topological polar surface area (TPSA) is 28.4 Å². The van der Waals surface area contributed by atoms with E-state index in [4.69, 9.17) is 4.42 Å². The quantitative estimate of drug-likeness (QED) is 0.874. The molecule has 0 amide bonds. The van der Waals surface area contributed by atoms with Crippen LogP contribution < -0.4 is 5.32 Å². The third kappa shape index (κ3) is 3.50. The smallest absolute Gasteiger partial charge is 0.125 e. The maximum Gasteiger partial charge on any atom is 0.125 e. The lowest BCUT2D eigenvalue weighted by Gasteiger charge is -2.34. The first-order valence-corrected chi connectivity index (χ1v) is 7.00. The van der Waals surface area contributed by atoms with E-state index in [0.717, 1.165) is 12.3 Å². The minimum absolute atomic E-state index is 0.0830. The van der Waals surface area contributed by atoms with Crippen molar-refractivity contribution in [1.82, 2.24) is 10.2 Å². The molecule has 1 heterocycles. The highest BCUT2D eigenvalue weighted by molar-refractivity contribution is 5.26. The van der Waals surface area contributed by atoms with Gasteiger partial charge in [-0.2, -0.15) is 0 Å². The van der Waals surface area contributed by atoms with E-state index in [-0.39, 0.29) is 11.6 Å². The number of benzene rings is 1. The second-order valence-electron chi connectivity index (χ2n) is 5.95. The predicted octanol–water partition coefficient (Wildman–Crippen LogP) is 3.30. The molecule has 1 aromatic carbocycles. The summed E-state index contributed by atoms with van der Waals surface area (Å²) >= 11 is 0. The van der Waals surface area contributed by atoms with Crippen molar-refractivity contribution in [3.8, 4) is 0 Å². The number of hydrogen-bond donors (Lipinski definition) is 1. The molecule has 2 rings (SSSR count). The zero-order valence-corrected chi connectivity index (χ0v) is 12.8. The van der Waals surface area contributed by atoms with Gasteiger partial charge in [0.1, 0.15) is 5.76 Å². The van der Waals surface area contributed by atoms with Crippen LogP contribution in [0.1, 0.15) is 31.2 Å². The maximum absolute atomic E-state index is 5.60.